The van der Waals surface area contributed by atoms with Crippen molar-refractivity contribution in [2.45, 2.75) is 26.3 Å². The van der Waals surface area contributed by atoms with Gasteiger partial charge < -0.3 is 10.4 Å². The number of carboxylic acids is 1. The van der Waals surface area contributed by atoms with Crippen molar-refractivity contribution in [3.05, 3.63) is 21.4 Å². The minimum absolute atomic E-state index is 0.301. The van der Waals surface area contributed by atoms with Gasteiger partial charge in [0.15, 0.2) is 0 Å². The molecule has 0 saturated carbocycles. The van der Waals surface area contributed by atoms with Gasteiger partial charge in [0.25, 0.3) is 5.91 Å². The van der Waals surface area contributed by atoms with Gasteiger partial charge in [-0.15, -0.1) is 11.3 Å². The molecule has 0 fully saturated rings. The fourth-order valence-electron chi connectivity index (χ4n) is 1.41. The normalized spacial score (nSPS) is 12.2. The van der Waals surface area contributed by atoms with Crippen LogP contribution < -0.4 is 5.32 Å². The molecule has 0 aromatic carbocycles. The van der Waals surface area contributed by atoms with E-state index in [1.54, 1.807) is 17.8 Å². The fourth-order valence-corrected chi connectivity index (χ4v) is 2.82. The van der Waals surface area contributed by atoms with Gasteiger partial charge in [0, 0.05) is 4.88 Å². The van der Waals surface area contributed by atoms with Crippen molar-refractivity contribution in [3.8, 4) is 0 Å². The molecule has 4 nitrogen and oxygen atoms in total. The van der Waals surface area contributed by atoms with Crippen molar-refractivity contribution in [1.29, 1.82) is 0 Å². The maximum absolute atomic E-state index is 11.9. The molecule has 1 aromatic heterocycles. The van der Waals surface area contributed by atoms with Gasteiger partial charge in [-0.05, 0) is 43.9 Å². The highest BCUT2D eigenvalue weighted by Gasteiger charge is 2.21. The van der Waals surface area contributed by atoms with Crippen LogP contribution in [0.15, 0.2) is 6.07 Å². The number of aryl methyl sites for hydroxylation is 2. The Morgan fingerprint density at radius 2 is 2.17 bits per heavy atom. The van der Waals surface area contributed by atoms with E-state index in [0.717, 1.165) is 10.4 Å². The number of hydrogen-bond donors (Lipinski definition) is 2. The van der Waals surface area contributed by atoms with Crippen LogP contribution in [-0.2, 0) is 4.79 Å². The molecule has 0 saturated heterocycles. The van der Waals surface area contributed by atoms with Crippen LogP contribution in [0.5, 0.6) is 0 Å². The summed E-state index contributed by atoms with van der Waals surface area (Å²) < 4.78 is 0. The molecule has 2 N–H and O–H groups in total. The summed E-state index contributed by atoms with van der Waals surface area (Å²) in [4.78, 5) is 24.6. The van der Waals surface area contributed by atoms with Crippen molar-refractivity contribution >= 4 is 35.0 Å². The van der Waals surface area contributed by atoms with E-state index >= 15 is 0 Å². The van der Waals surface area contributed by atoms with Crippen LogP contribution in [0.25, 0.3) is 0 Å². The average Bonchev–Trinajstić information content (AvgIpc) is 2.64. The average molecular weight is 287 g/mol. The molecule has 0 aliphatic rings. The highest BCUT2D eigenvalue weighted by molar-refractivity contribution is 7.98. The molecule has 18 heavy (non-hydrogen) atoms. The lowest BCUT2D eigenvalue weighted by molar-refractivity contribution is -0.139. The Hall–Kier alpha value is -1.01. The molecule has 1 heterocycles. The van der Waals surface area contributed by atoms with Gasteiger partial charge in [0.05, 0.1) is 4.88 Å². The summed E-state index contributed by atoms with van der Waals surface area (Å²) in [5.41, 5.74) is 1.06. The number of rotatable bonds is 6. The molecule has 0 radical (unpaired) electrons. The van der Waals surface area contributed by atoms with Crippen molar-refractivity contribution in [2.75, 3.05) is 12.0 Å². The molecule has 1 aromatic rings. The zero-order chi connectivity index (χ0) is 13.7. The summed E-state index contributed by atoms with van der Waals surface area (Å²) in [6, 6.07) is 0.982. The lowest BCUT2D eigenvalue weighted by atomic mass is 10.2. The second kappa shape index (κ2) is 6.80. The lowest BCUT2D eigenvalue weighted by Crippen LogP contribution is -2.40. The molecular formula is C12H17NO3S2. The molecular weight excluding hydrogens is 270 g/mol. The number of thiophene rings is 1. The highest BCUT2D eigenvalue weighted by atomic mass is 32.2. The van der Waals surface area contributed by atoms with Gasteiger partial charge >= 0.3 is 5.97 Å². The Kier molecular flexibility index (Phi) is 5.68. The minimum Gasteiger partial charge on any atom is -0.480 e. The second-order valence-electron chi connectivity index (χ2n) is 4.00. The fraction of sp³-hybridized carbons (Fsp3) is 0.500. The minimum atomic E-state index is -0.984. The van der Waals surface area contributed by atoms with Crippen molar-refractivity contribution < 1.29 is 14.7 Å². The van der Waals surface area contributed by atoms with Crippen LogP contribution in [0, 0.1) is 13.8 Å². The molecule has 1 amide bonds. The summed E-state index contributed by atoms with van der Waals surface area (Å²) in [6.45, 7) is 3.88. The van der Waals surface area contributed by atoms with Crippen LogP contribution in [0.4, 0.5) is 0 Å². The van der Waals surface area contributed by atoms with Gasteiger partial charge in [-0.25, -0.2) is 4.79 Å². The molecule has 1 atom stereocenters. The Labute approximate surface area is 115 Å². The van der Waals surface area contributed by atoms with Gasteiger partial charge in [0.2, 0.25) is 0 Å². The first-order chi connectivity index (χ1) is 8.45. The zero-order valence-corrected chi connectivity index (χ0v) is 12.3. The lowest BCUT2D eigenvalue weighted by Gasteiger charge is -2.12. The Morgan fingerprint density at radius 1 is 1.50 bits per heavy atom. The largest absolute Gasteiger partial charge is 0.480 e. The number of amides is 1. The smallest absolute Gasteiger partial charge is 0.326 e. The first-order valence-electron chi connectivity index (χ1n) is 5.55. The highest BCUT2D eigenvalue weighted by Crippen LogP contribution is 2.20. The first-order valence-corrected chi connectivity index (χ1v) is 7.76. The predicted molar refractivity (Wildman–Crippen MR) is 75.7 cm³/mol. The van der Waals surface area contributed by atoms with Gasteiger partial charge in [-0.3, -0.25) is 4.79 Å². The van der Waals surface area contributed by atoms with Crippen LogP contribution in [0.3, 0.4) is 0 Å². The van der Waals surface area contributed by atoms with Gasteiger partial charge in [-0.1, -0.05) is 0 Å². The number of hydrogen-bond acceptors (Lipinski definition) is 4. The number of carbonyl (C=O) groups is 2. The molecule has 0 aliphatic heterocycles. The quantitative estimate of drug-likeness (QED) is 0.842. The third-order valence-electron chi connectivity index (χ3n) is 2.60. The summed E-state index contributed by atoms with van der Waals surface area (Å²) in [7, 11) is 0. The van der Waals surface area contributed by atoms with E-state index in [-0.39, 0.29) is 5.91 Å². The zero-order valence-electron chi connectivity index (χ0n) is 10.6. The first kappa shape index (κ1) is 15.0. The summed E-state index contributed by atoms with van der Waals surface area (Å²) in [5.74, 6) is -0.577. The number of nitrogens with one attached hydrogen (secondary N) is 1. The van der Waals surface area contributed by atoms with Crippen molar-refractivity contribution in [3.63, 3.8) is 0 Å². The maximum atomic E-state index is 11.9. The maximum Gasteiger partial charge on any atom is 0.326 e. The Bertz CT molecular complexity index is 423. The third-order valence-corrected chi connectivity index (χ3v) is 4.40. The Morgan fingerprint density at radius 3 is 2.61 bits per heavy atom. The van der Waals surface area contributed by atoms with Crippen LogP contribution in [0.1, 0.15) is 26.5 Å². The van der Waals surface area contributed by atoms with E-state index in [2.05, 4.69) is 5.32 Å². The SMILES string of the molecule is CSCCC(NC(=O)c1cc(C)c(C)s1)C(=O)O. The standard InChI is InChI=1S/C12H17NO3S2/c1-7-6-10(18-8(7)2)11(14)13-9(12(15)16)4-5-17-3/h6,9H,4-5H2,1-3H3,(H,13,14)(H,15,16). The van der Waals surface area contributed by atoms with E-state index in [9.17, 15) is 9.59 Å². The van der Waals surface area contributed by atoms with Gasteiger partial charge in [-0.2, -0.15) is 11.8 Å². The topological polar surface area (TPSA) is 66.4 Å². The number of aliphatic carboxylic acids is 1. The second-order valence-corrected chi connectivity index (χ2v) is 6.24. The molecule has 0 spiro atoms. The third kappa shape index (κ3) is 4.03. The summed E-state index contributed by atoms with van der Waals surface area (Å²) >= 11 is 2.95. The monoisotopic (exact) mass is 287 g/mol. The number of carboxylic acid groups (broad SMARTS) is 1. The predicted octanol–water partition coefficient (Wildman–Crippen LogP) is 2.30. The summed E-state index contributed by atoms with van der Waals surface area (Å²) in [5, 5.41) is 11.6. The van der Waals surface area contributed by atoms with Crippen LogP contribution in [-0.4, -0.2) is 35.0 Å². The molecule has 1 unspecified atom stereocenters. The van der Waals surface area contributed by atoms with Crippen molar-refractivity contribution in [2.24, 2.45) is 0 Å². The Balaban J connectivity index is 2.69. The molecule has 1 rings (SSSR count). The van der Waals surface area contributed by atoms with E-state index < -0.39 is 12.0 Å². The van der Waals surface area contributed by atoms with Crippen LogP contribution >= 0.6 is 23.1 Å². The molecule has 0 aliphatic carbocycles. The van der Waals surface area contributed by atoms with E-state index in [0.29, 0.717) is 17.1 Å². The van der Waals surface area contributed by atoms with E-state index in [1.165, 1.54) is 11.3 Å². The van der Waals surface area contributed by atoms with Gasteiger partial charge in [0.1, 0.15) is 6.04 Å². The summed E-state index contributed by atoms with van der Waals surface area (Å²) in [6.07, 6.45) is 2.35. The van der Waals surface area contributed by atoms with E-state index in [1.807, 2.05) is 20.1 Å². The molecule has 100 valence electrons. The molecule has 0 bridgehead atoms. The van der Waals surface area contributed by atoms with Crippen molar-refractivity contribution in [1.82, 2.24) is 5.32 Å². The van der Waals surface area contributed by atoms with Crippen LogP contribution in [0.2, 0.25) is 0 Å². The van der Waals surface area contributed by atoms with E-state index in [4.69, 9.17) is 5.11 Å². The number of thioether (sulfide) groups is 1. The molecule has 6 heteroatoms. The number of carbonyl (C=O) groups excluding carboxylic acids is 1.